The van der Waals surface area contributed by atoms with Gasteiger partial charge in [0.15, 0.2) is 11.5 Å². The average molecular weight is 438 g/mol. The predicted octanol–water partition coefficient (Wildman–Crippen LogP) is 4.20. The van der Waals surface area contributed by atoms with Gasteiger partial charge in [-0.05, 0) is 76.7 Å². The molecule has 2 aromatic rings. The highest BCUT2D eigenvalue weighted by molar-refractivity contribution is 5.84. The maximum Gasteiger partial charge on any atom is 0.255 e. The minimum Gasteiger partial charge on any atom is -0.454 e. The fourth-order valence-electron chi connectivity index (χ4n) is 5.21. The van der Waals surface area contributed by atoms with Crippen LogP contribution in [0, 0.1) is 0 Å². The van der Waals surface area contributed by atoms with Crippen molar-refractivity contribution in [2.24, 2.45) is 0 Å². The number of allylic oxidation sites excluding steroid dienone is 1. The largest absolute Gasteiger partial charge is 0.454 e. The Balaban J connectivity index is 1.35. The molecule has 0 bridgehead atoms. The topological polar surface area (TPSA) is 55.7 Å². The fraction of sp³-hybridized carbons (Fsp3) is 0.577. The molecule has 3 aliphatic rings. The lowest BCUT2D eigenvalue weighted by molar-refractivity contribution is 0.174. The van der Waals surface area contributed by atoms with E-state index in [0.717, 1.165) is 60.6 Å². The van der Waals surface area contributed by atoms with Gasteiger partial charge in [0.25, 0.3) is 5.56 Å². The van der Waals surface area contributed by atoms with Gasteiger partial charge in [0, 0.05) is 36.7 Å². The Morgan fingerprint density at radius 3 is 2.59 bits per heavy atom. The molecule has 1 aromatic carbocycles. The van der Waals surface area contributed by atoms with Crippen LogP contribution in [0.1, 0.15) is 56.9 Å². The Morgan fingerprint density at radius 2 is 1.78 bits per heavy atom. The number of aromatic nitrogens is 1. The van der Waals surface area contributed by atoms with Gasteiger partial charge >= 0.3 is 0 Å². The smallest absolute Gasteiger partial charge is 0.255 e. The molecule has 0 unspecified atom stereocenters. The first-order valence-electron chi connectivity index (χ1n) is 12.3. The molecule has 0 saturated carbocycles. The highest BCUT2D eigenvalue weighted by Gasteiger charge is 2.19. The van der Waals surface area contributed by atoms with Gasteiger partial charge in [-0.1, -0.05) is 18.1 Å². The second-order valence-electron chi connectivity index (χ2n) is 9.33. The van der Waals surface area contributed by atoms with Gasteiger partial charge in [-0.3, -0.25) is 4.79 Å². The van der Waals surface area contributed by atoms with Crippen molar-refractivity contribution in [2.45, 2.75) is 64.5 Å². The van der Waals surface area contributed by atoms with E-state index in [-0.39, 0.29) is 12.4 Å². The van der Waals surface area contributed by atoms with Crippen molar-refractivity contribution in [3.8, 4) is 11.5 Å². The molecule has 172 valence electrons. The molecule has 6 heteroatoms. The van der Waals surface area contributed by atoms with E-state index in [0.29, 0.717) is 13.1 Å². The van der Waals surface area contributed by atoms with Crippen LogP contribution in [0.15, 0.2) is 34.6 Å². The number of ether oxygens (including phenoxy) is 2. The highest BCUT2D eigenvalue weighted by atomic mass is 16.7. The zero-order chi connectivity index (χ0) is 21.8. The molecular weight excluding hydrogens is 402 g/mol. The molecule has 3 heterocycles. The Kier molecular flexibility index (Phi) is 6.79. The molecule has 2 aliphatic heterocycles. The third kappa shape index (κ3) is 4.86. The summed E-state index contributed by atoms with van der Waals surface area (Å²) in [5.41, 5.74) is 3.44. The van der Waals surface area contributed by atoms with Gasteiger partial charge in [0.05, 0.1) is 5.52 Å². The standard InChI is InChI=1S/C26H35N3O3/c30-26-22(18-27-10-9-20-7-3-1-4-8-20)15-21-16-24-25(32-19-31-24)17-23(21)29(26)14-13-28-11-5-2-6-12-28/h7,15-17,27H,1-6,8-14,18-19H2. The number of hydrogen-bond donors (Lipinski definition) is 1. The van der Waals surface area contributed by atoms with Gasteiger partial charge in [0.2, 0.25) is 6.79 Å². The van der Waals surface area contributed by atoms with E-state index in [9.17, 15) is 4.79 Å². The van der Waals surface area contributed by atoms with Gasteiger partial charge in [-0.15, -0.1) is 0 Å². The lowest BCUT2D eigenvalue weighted by Crippen LogP contribution is -2.36. The van der Waals surface area contributed by atoms with Crippen molar-refractivity contribution in [2.75, 3.05) is 33.0 Å². The van der Waals surface area contributed by atoms with Gasteiger partial charge in [-0.25, -0.2) is 0 Å². The van der Waals surface area contributed by atoms with E-state index in [4.69, 9.17) is 9.47 Å². The van der Waals surface area contributed by atoms with Gasteiger partial charge in [0.1, 0.15) is 0 Å². The molecule has 0 radical (unpaired) electrons. The minimum atomic E-state index is 0.109. The van der Waals surface area contributed by atoms with E-state index in [2.05, 4.69) is 16.3 Å². The molecule has 0 atom stereocenters. The van der Waals surface area contributed by atoms with Crippen LogP contribution in [0.2, 0.25) is 0 Å². The number of rotatable bonds is 8. The number of fused-ring (bicyclic) bond motifs is 2. The van der Waals surface area contributed by atoms with Crippen molar-refractivity contribution >= 4 is 10.9 Å². The third-order valence-electron chi connectivity index (χ3n) is 7.07. The second-order valence-corrected chi connectivity index (χ2v) is 9.33. The summed E-state index contributed by atoms with van der Waals surface area (Å²) in [6, 6.07) is 6.02. The zero-order valence-electron chi connectivity index (χ0n) is 19.0. The molecule has 1 fully saturated rings. The van der Waals surface area contributed by atoms with Crippen LogP contribution in [0.25, 0.3) is 10.9 Å². The first-order chi connectivity index (χ1) is 15.8. The maximum absolute atomic E-state index is 13.5. The van der Waals surface area contributed by atoms with Crippen LogP contribution in [-0.2, 0) is 13.1 Å². The molecule has 32 heavy (non-hydrogen) atoms. The summed E-state index contributed by atoms with van der Waals surface area (Å²) < 4.78 is 13.1. The first-order valence-corrected chi connectivity index (χ1v) is 12.3. The first kappa shape index (κ1) is 21.5. The van der Waals surface area contributed by atoms with Crippen molar-refractivity contribution in [3.63, 3.8) is 0 Å². The van der Waals surface area contributed by atoms with Crippen molar-refractivity contribution in [1.82, 2.24) is 14.8 Å². The Labute approximate surface area is 190 Å². The van der Waals surface area contributed by atoms with Crippen LogP contribution in [0.3, 0.4) is 0 Å². The molecule has 1 saturated heterocycles. The van der Waals surface area contributed by atoms with Crippen LogP contribution in [0.5, 0.6) is 11.5 Å². The van der Waals surface area contributed by atoms with Crippen molar-refractivity contribution in [1.29, 1.82) is 0 Å². The molecule has 1 N–H and O–H groups in total. The van der Waals surface area contributed by atoms with Crippen LogP contribution in [0.4, 0.5) is 0 Å². The molecule has 6 nitrogen and oxygen atoms in total. The summed E-state index contributed by atoms with van der Waals surface area (Å²) in [5.74, 6) is 1.50. The molecular formula is C26H35N3O3. The van der Waals surface area contributed by atoms with Crippen LogP contribution >= 0.6 is 0 Å². The lowest BCUT2D eigenvalue weighted by Gasteiger charge is -2.27. The van der Waals surface area contributed by atoms with Crippen LogP contribution in [-0.4, -0.2) is 42.4 Å². The third-order valence-corrected chi connectivity index (χ3v) is 7.07. The normalized spacial score (nSPS) is 18.8. The monoisotopic (exact) mass is 437 g/mol. The summed E-state index contributed by atoms with van der Waals surface area (Å²) in [4.78, 5) is 16.0. The number of pyridine rings is 1. The molecule has 1 aromatic heterocycles. The highest BCUT2D eigenvalue weighted by Crippen LogP contribution is 2.36. The lowest BCUT2D eigenvalue weighted by atomic mass is 9.97. The van der Waals surface area contributed by atoms with E-state index in [1.807, 2.05) is 22.8 Å². The number of piperidine rings is 1. The maximum atomic E-state index is 13.5. The number of nitrogens with one attached hydrogen (secondary N) is 1. The van der Waals surface area contributed by atoms with Crippen LogP contribution < -0.4 is 20.3 Å². The Hall–Kier alpha value is -2.31. The summed E-state index contributed by atoms with van der Waals surface area (Å²) in [5, 5.41) is 4.56. The van der Waals surface area contributed by atoms with Gasteiger partial charge < -0.3 is 24.3 Å². The van der Waals surface area contributed by atoms with Crippen molar-refractivity contribution in [3.05, 3.63) is 45.8 Å². The predicted molar refractivity (Wildman–Crippen MR) is 127 cm³/mol. The average Bonchev–Trinajstić information content (AvgIpc) is 3.29. The van der Waals surface area contributed by atoms with Gasteiger partial charge in [-0.2, -0.15) is 0 Å². The number of likely N-dealkylation sites (tertiary alicyclic amines) is 1. The molecule has 0 spiro atoms. The number of benzene rings is 1. The molecule has 0 amide bonds. The Morgan fingerprint density at radius 1 is 0.938 bits per heavy atom. The van der Waals surface area contributed by atoms with Crippen molar-refractivity contribution < 1.29 is 9.47 Å². The van der Waals surface area contributed by atoms with E-state index in [1.54, 1.807) is 5.57 Å². The Bertz CT molecular complexity index is 1040. The van der Waals surface area contributed by atoms with E-state index >= 15 is 0 Å². The summed E-state index contributed by atoms with van der Waals surface area (Å²) in [6.07, 6.45) is 12.4. The fourth-order valence-corrected chi connectivity index (χ4v) is 5.21. The summed E-state index contributed by atoms with van der Waals surface area (Å²) in [6.45, 7) is 5.64. The number of hydrogen-bond acceptors (Lipinski definition) is 5. The summed E-state index contributed by atoms with van der Waals surface area (Å²) >= 11 is 0. The summed E-state index contributed by atoms with van der Waals surface area (Å²) in [7, 11) is 0. The minimum absolute atomic E-state index is 0.109. The van der Waals surface area contributed by atoms with E-state index in [1.165, 1.54) is 44.9 Å². The molecule has 1 aliphatic carbocycles. The molecule has 5 rings (SSSR count). The second kappa shape index (κ2) is 10.1. The number of nitrogens with zero attached hydrogens (tertiary/aromatic N) is 2. The zero-order valence-corrected chi connectivity index (χ0v) is 19.0. The SMILES string of the molecule is O=c1c(CNCCC2=CCCCC2)cc2cc3c(cc2n1CCN1CCCCC1)OCO3. The van der Waals surface area contributed by atoms with E-state index < -0.39 is 0 Å². The quantitative estimate of drug-likeness (QED) is 0.496.